The molecule has 0 saturated carbocycles. The predicted octanol–water partition coefficient (Wildman–Crippen LogP) is 12.6. The predicted molar refractivity (Wildman–Crippen MR) is 214 cm³/mol. The molecule has 50 heavy (non-hydrogen) atoms. The Hall–Kier alpha value is -6.45. The van der Waals surface area contributed by atoms with Crippen LogP contribution in [-0.2, 0) is 0 Å². The molecule has 0 atom stereocenters. The standard InChI is InChI=1S/C47H33N3/c1-3-42-43(4-2)50-45-27-32(30-15-7-5-8-16-30)23-25-36(45)40-28-33(24-26-38(40)47(50)48-42)49-44-22-14-13-20-35(44)41-29-39(31-17-9-6-10-18-31)34-19-11-12-21-37(34)46(41)49/h3-4,6-7,9-29H,1-2,5,8H2. The second-order valence-corrected chi connectivity index (χ2v) is 13.1. The minimum atomic E-state index is 0.836. The number of fused-ring (bicyclic) bond motifs is 11. The van der Waals surface area contributed by atoms with Gasteiger partial charge in [0.15, 0.2) is 0 Å². The van der Waals surface area contributed by atoms with E-state index >= 15 is 0 Å². The molecule has 0 amide bonds. The Labute approximate surface area is 290 Å². The van der Waals surface area contributed by atoms with Crippen LogP contribution in [0.3, 0.4) is 0 Å². The van der Waals surface area contributed by atoms with Gasteiger partial charge in [0.05, 0.1) is 27.9 Å². The smallest absolute Gasteiger partial charge is 0.146 e. The van der Waals surface area contributed by atoms with E-state index in [0.717, 1.165) is 51.9 Å². The zero-order chi connectivity index (χ0) is 33.3. The van der Waals surface area contributed by atoms with Crippen molar-refractivity contribution in [1.82, 2.24) is 14.0 Å². The molecule has 0 unspecified atom stereocenters. The van der Waals surface area contributed by atoms with Crippen LogP contribution in [-0.4, -0.2) is 14.0 Å². The second-order valence-electron chi connectivity index (χ2n) is 13.1. The number of pyridine rings is 1. The van der Waals surface area contributed by atoms with Gasteiger partial charge < -0.3 is 4.57 Å². The Kier molecular flexibility index (Phi) is 6.31. The number of imidazole rings is 1. The molecule has 3 heterocycles. The van der Waals surface area contributed by atoms with Crippen molar-refractivity contribution in [3.8, 4) is 16.8 Å². The maximum Gasteiger partial charge on any atom is 0.146 e. The lowest BCUT2D eigenvalue weighted by Crippen LogP contribution is -1.98. The topological polar surface area (TPSA) is 22.2 Å². The maximum atomic E-state index is 5.13. The first-order chi connectivity index (χ1) is 24.7. The van der Waals surface area contributed by atoms with Crippen molar-refractivity contribution in [3.63, 3.8) is 0 Å². The molecule has 0 saturated heterocycles. The van der Waals surface area contributed by atoms with E-state index in [1.165, 1.54) is 60.2 Å². The van der Waals surface area contributed by atoms with Crippen LogP contribution < -0.4 is 0 Å². The first kappa shape index (κ1) is 28.6. The van der Waals surface area contributed by atoms with Crippen LogP contribution in [0.25, 0.3) is 94.4 Å². The highest BCUT2D eigenvalue weighted by Gasteiger charge is 2.21. The van der Waals surface area contributed by atoms with Crippen LogP contribution in [0, 0.1) is 0 Å². The van der Waals surface area contributed by atoms with Crippen molar-refractivity contribution in [1.29, 1.82) is 0 Å². The SMILES string of the molecule is C=Cc1nc2c3ccc(-n4c5ccccc5c5cc(-c6ccccc6)c6ccccc6c54)cc3c3ccc(C4=CCCC=C4)cc3n2c1C=C. The van der Waals surface area contributed by atoms with Crippen LogP contribution in [0.4, 0.5) is 0 Å². The Balaban J connectivity index is 1.32. The van der Waals surface area contributed by atoms with Gasteiger partial charge in [-0.3, -0.25) is 4.40 Å². The van der Waals surface area contributed by atoms with E-state index in [4.69, 9.17) is 4.98 Å². The van der Waals surface area contributed by atoms with E-state index in [2.05, 4.69) is 162 Å². The fraction of sp³-hybridized carbons (Fsp3) is 0.0426. The van der Waals surface area contributed by atoms with Crippen molar-refractivity contribution < 1.29 is 0 Å². The number of nitrogens with zero attached hydrogens (tertiary/aromatic N) is 3. The zero-order valence-electron chi connectivity index (χ0n) is 27.6. The molecule has 6 aromatic carbocycles. The van der Waals surface area contributed by atoms with Crippen molar-refractivity contribution in [2.45, 2.75) is 12.8 Å². The number of aromatic nitrogens is 3. The molecule has 0 aliphatic heterocycles. The van der Waals surface area contributed by atoms with Gasteiger partial charge in [-0.15, -0.1) is 0 Å². The molecular weight excluding hydrogens is 607 g/mol. The second kappa shape index (κ2) is 11.0. The fourth-order valence-electron chi connectivity index (χ4n) is 8.21. The third-order valence-corrected chi connectivity index (χ3v) is 10.4. The Morgan fingerprint density at radius 3 is 2.14 bits per heavy atom. The third kappa shape index (κ3) is 4.07. The summed E-state index contributed by atoms with van der Waals surface area (Å²) in [4.78, 5) is 5.13. The summed E-state index contributed by atoms with van der Waals surface area (Å²) in [6.07, 6.45) is 12.7. The maximum absolute atomic E-state index is 5.13. The highest BCUT2D eigenvalue weighted by Crippen LogP contribution is 2.42. The largest absolute Gasteiger partial charge is 0.309 e. The molecule has 0 radical (unpaired) electrons. The van der Waals surface area contributed by atoms with Gasteiger partial charge in [-0.1, -0.05) is 116 Å². The van der Waals surface area contributed by atoms with Gasteiger partial charge in [0.25, 0.3) is 0 Å². The lowest BCUT2D eigenvalue weighted by Gasteiger charge is -2.16. The quantitative estimate of drug-likeness (QED) is 0.172. The number of para-hydroxylation sites is 1. The summed E-state index contributed by atoms with van der Waals surface area (Å²) < 4.78 is 4.72. The van der Waals surface area contributed by atoms with Crippen LogP contribution in [0.5, 0.6) is 0 Å². The number of allylic oxidation sites excluding steroid dienone is 4. The summed E-state index contributed by atoms with van der Waals surface area (Å²) in [7, 11) is 0. The van der Waals surface area contributed by atoms with Crippen molar-refractivity contribution >= 4 is 77.6 Å². The van der Waals surface area contributed by atoms with Gasteiger partial charge in [-0.25, -0.2) is 4.98 Å². The molecule has 0 fully saturated rings. The lowest BCUT2D eigenvalue weighted by molar-refractivity contribution is 1.04. The van der Waals surface area contributed by atoms with Crippen LogP contribution in [0.15, 0.2) is 153 Å². The molecule has 0 spiro atoms. The number of hydrogen-bond acceptors (Lipinski definition) is 1. The zero-order valence-corrected chi connectivity index (χ0v) is 27.6. The van der Waals surface area contributed by atoms with Gasteiger partial charge in [0.1, 0.15) is 5.65 Å². The summed E-state index contributed by atoms with van der Waals surface area (Å²) in [5.74, 6) is 0. The third-order valence-electron chi connectivity index (χ3n) is 10.4. The molecule has 0 bridgehead atoms. The molecule has 9 aromatic rings. The molecule has 3 heteroatoms. The molecule has 0 N–H and O–H groups in total. The van der Waals surface area contributed by atoms with E-state index in [1.54, 1.807) is 0 Å². The molecule has 3 aromatic heterocycles. The highest BCUT2D eigenvalue weighted by atomic mass is 15.0. The van der Waals surface area contributed by atoms with Gasteiger partial charge in [-0.2, -0.15) is 0 Å². The molecule has 1 aliphatic carbocycles. The molecule has 236 valence electrons. The molecule has 10 rings (SSSR count). The summed E-state index contributed by atoms with van der Waals surface area (Å²) in [6.45, 7) is 8.28. The summed E-state index contributed by atoms with van der Waals surface area (Å²) in [5, 5.41) is 8.40. The first-order valence-corrected chi connectivity index (χ1v) is 17.3. The van der Waals surface area contributed by atoms with Crippen molar-refractivity contribution in [3.05, 3.63) is 170 Å². The van der Waals surface area contributed by atoms with Gasteiger partial charge in [-0.05, 0) is 94.4 Å². The van der Waals surface area contributed by atoms with Gasteiger partial charge >= 0.3 is 0 Å². The normalized spacial score (nSPS) is 13.2. The molecule has 1 aliphatic rings. The molecule has 3 nitrogen and oxygen atoms in total. The molecular formula is C47H33N3. The summed E-state index contributed by atoms with van der Waals surface area (Å²) >= 11 is 0. The minimum Gasteiger partial charge on any atom is -0.309 e. The number of benzene rings is 6. The monoisotopic (exact) mass is 639 g/mol. The summed E-state index contributed by atoms with van der Waals surface area (Å²) in [6, 6.07) is 44.5. The minimum absolute atomic E-state index is 0.836. The lowest BCUT2D eigenvalue weighted by atomic mass is 9.95. The van der Waals surface area contributed by atoms with Crippen LogP contribution in [0.1, 0.15) is 29.8 Å². The van der Waals surface area contributed by atoms with E-state index in [9.17, 15) is 0 Å². The highest BCUT2D eigenvalue weighted by molar-refractivity contribution is 6.22. The van der Waals surface area contributed by atoms with Crippen molar-refractivity contribution in [2.24, 2.45) is 0 Å². The Morgan fingerprint density at radius 2 is 1.34 bits per heavy atom. The number of hydrogen-bond donors (Lipinski definition) is 0. The van der Waals surface area contributed by atoms with Crippen LogP contribution >= 0.6 is 0 Å². The van der Waals surface area contributed by atoms with E-state index in [-0.39, 0.29) is 0 Å². The van der Waals surface area contributed by atoms with Gasteiger partial charge in [0, 0.05) is 32.6 Å². The van der Waals surface area contributed by atoms with E-state index in [1.807, 2.05) is 12.2 Å². The Bertz CT molecular complexity index is 2950. The van der Waals surface area contributed by atoms with Crippen LogP contribution in [0.2, 0.25) is 0 Å². The summed E-state index contributed by atoms with van der Waals surface area (Å²) in [5.41, 5.74) is 12.3. The fourth-order valence-corrected chi connectivity index (χ4v) is 8.21. The average Bonchev–Trinajstić information content (AvgIpc) is 3.74. The Morgan fingerprint density at radius 1 is 0.580 bits per heavy atom. The van der Waals surface area contributed by atoms with Gasteiger partial charge in [0.2, 0.25) is 0 Å². The average molecular weight is 640 g/mol. The first-order valence-electron chi connectivity index (χ1n) is 17.3. The van der Waals surface area contributed by atoms with Crippen molar-refractivity contribution in [2.75, 3.05) is 0 Å². The number of rotatable bonds is 5. The van der Waals surface area contributed by atoms with E-state index in [0.29, 0.717) is 0 Å². The van der Waals surface area contributed by atoms with E-state index < -0.39 is 0 Å².